The molecule has 1 atom stereocenters. The van der Waals surface area contributed by atoms with Gasteiger partial charge in [-0.2, -0.15) is 13.2 Å². The van der Waals surface area contributed by atoms with Gasteiger partial charge in [-0.15, -0.1) is 0 Å². The number of rotatable bonds is 8. The molecule has 2 amide bonds. The molecule has 1 N–H and O–H groups in total. The van der Waals surface area contributed by atoms with E-state index in [2.05, 4.69) is 5.32 Å². The fourth-order valence-electron chi connectivity index (χ4n) is 3.60. The molecule has 2 aromatic carbocycles. The molecule has 1 aliphatic heterocycles. The molecular formula is C24H24ClF3N4O4. The van der Waals surface area contributed by atoms with E-state index in [1.54, 1.807) is 24.3 Å². The quantitative estimate of drug-likeness (QED) is 0.524. The summed E-state index contributed by atoms with van der Waals surface area (Å²) in [7, 11) is 2.83. The molecule has 0 radical (unpaired) electrons. The molecule has 1 aliphatic rings. The lowest BCUT2D eigenvalue weighted by molar-refractivity contribution is -0.137. The van der Waals surface area contributed by atoms with E-state index in [0.29, 0.717) is 11.3 Å². The van der Waals surface area contributed by atoms with Crippen LogP contribution in [0.4, 0.5) is 18.0 Å². The summed E-state index contributed by atoms with van der Waals surface area (Å²) in [6.07, 6.45) is -5.19. The van der Waals surface area contributed by atoms with Crippen LogP contribution in [-0.4, -0.2) is 59.8 Å². The third kappa shape index (κ3) is 6.28. The molecule has 0 bridgehead atoms. The first-order valence-corrected chi connectivity index (χ1v) is 11.1. The second kappa shape index (κ2) is 10.9. The number of hydrogen-bond donors (Lipinski definition) is 1. The van der Waals surface area contributed by atoms with Gasteiger partial charge in [-0.05, 0) is 42.8 Å². The normalized spacial score (nSPS) is 15.4. The van der Waals surface area contributed by atoms with Crippen LogP contribution in [-0.2, 0) is 22.3 Å². The van der Waals surface area contributed by atoms with Crippen LogP contribution in [0.3, 0.4) is 0 Å². The molecule has 12 heteroatoms. The monoisotopic (exact) mass is 524 g/mol. The summed E-state index contributed by atoms with van der Waals surface area (Å²) in [6, 6.07) is 10.5. The summed E-state index contributed by atoms with van der Waals surface area (Å²) in [6.45, 7) is 1.29. The molecule has 2 aromatic rings. The molecule has 0 saturated heterocycles. The number of carbonyl (C=O) groups excluding carboxylic acids is 3. The number of alkyl halides is 3. The minimum Gasteiger partial charge on any atom is -0.452 e. The second-order valence-corrected chi connectivity index (χ2v) is 8.58. The number of nitrogens with zero attached hydrogens (tertiary/aromatic N) is 3. The number of nitrogens with one attached hydrogen (secondary N) is 1. The van der Waals surface area contributed by atoms with Gasteiger partial charge in [-0.25, -0.2) is 4.79 Å². The van der Waals surface area contributed by atoms with Crippen molar-refractivity contribution >= 4 is 29.7 Å². The van der Waals surface area contributed by atoms with Crippen LogP contribution in [0, 0.1) is 0 Å². The Morgan fingerprint density at radius 1 is 1.17 bits per heavy atom. The summed E-state index contributed by atoms with van der Waals surface area (Å²) in [5.41, 5.74) is -0.139. The SMILES string of the molecule is CC(=O)CN(C)C(=O)N(C)C1=C(C=O)N(Cc2ccc(Cl)cc2)C(Oc2cccc(C(F)(F)F)c2)N1. The highest BCUT2D eigenvalue weighted by Crippen LogP contribution is 2.33. The first-order chi connectivity index (χ1) is 16.9. The van der Waals surface area contributed by atoms with E-state index < -0.39 is 24.1 Å². The Morgan fingerprint density at radius 3 is 2.42 bits per heavy atom. The maximum atomic E-state index is 13.2. The average Bonchev–Trinajstić information content (AvgIpc) is 3.15. The number of ether oxygens (including phenoxy) is 1. The Hall–Kier alpha value is -3.73. The zero-order chi connectivity index (χ0) is 26.6. The zero-order valence-electron chi connectivity index (χ0n) is 19.7. The Bertz CT molecular complexity index is 1170. The van der Waals surface area contributed by atoms with Crippen molar-refractivity contribution < 1.29 is 32.3 Å². The third-order valence-electron chi connectivity index (χ3n) is 5.29. The highest BCUT2D eigenvalue weighted by atomic mass is 35.5. The molecule has 0 aromatic heterocycles. The maximum Gasteiger partial charge on any atom is 0.416 e. The number of aldehydes is 1. The van der Waals surface area contributed by atoms with Crippen LogP contribution in [0.5, 0.6) is 5.75 Å². The number of likely N-dealkylation sites (N-methyl/N-ethyl adjacent to an activating group) is 1. The summed E-state index contributed by atoms with van der Waals surface area (Å²) in [5.74, 6) is -0.271. The molecule has 8 nitrogen and oxygen atoms in total. The maximum absolute atomic E-state index is 13.2. The van der Waals surface area contributed by atoms with E-state index >= 15 is 0 Å². The molecular weight excluding hydrogens is 501 g/mol. The van der Waals surface area contributed by atoms with Crippen molar-refractivity contribution in [2.45, 2.75) is 26.0 Å². The van der Waals surface area contributed by atoms with Gasteiger partial charge in [0.1, 0.15) is 23.1 Å². The Labute approximate surface area is 210 Å². The van der Waals surface area contributed by atoms with Crippen LogP contribution in [0.15, 0.2) is 60.0 Å². The van der Waals surface area contributed by atoms with Gasteiger partial charge in [0.2, 0.25) is 0 Å². The van der Waals surface area contributed by atoms with Gasteiger partial charge in [0.25, 0.3) is 6.35 Å². The highest BCUT2D eigenvalue weighted by molar-refractivity contribution is 6.30. The number of ketones is 1. The van der Waals surface area contributed by atoms with Crippen molar-refractivity contribution in [2.24, 2.45) is 0 Å². The molecule has 0 saturated carbocycles. The molecule has 0 spiro atoms. The Kier molecular flexibility index (Phi) is 8.13. The van der Waals surface area contributed by atoms with Gasteiger partial charge >= 0.3 is 12.2 Å². The standard InChI is InChI=1S/C24H24ClF3N4O4/c1-15(34)12-30(2)23(35)31(3)21-20(14-33)32(13-16-7-9-18(25)10-8-16)22(29-21)36-19-6-4-5-17(11-19)24(26,27)28/h4-11,14,22,29H,12-13H2,1-3H3. The van der Waals surface area contributed by atoms with E-state index in [4.69, 9.17) is 16.3 Å². The fraction of sp³-hybridized carbons (Fsp3) is 0.292. The predicted molar refractivity (Wildman–Crippen MR) is 126 cm³/mol. The van der Waals surface area contributed by atoms with Gasteiger partial charge in [-0.3, -0.25) is 14.5 Å². The highest BCUT2D eigenvalue weighted by Gasteiger charge is 2.37. The molecule has 192 valence electrons. The number of benzene rings is 2. The second-order valence-electron chi connectivity index (χ2n) is 8.15. The van der Waals surface area contributed by atoms with Crippen LogP contribution in [0.1, 0.15) is 18.1 Å². The zero-order valence-corrected chi connectivity index (χ0v) is 20.4. The molecule has 36 heavy (non-hydrogen) atoms. The largest absolute Gasteiger partial charge is 0.452 e. The lowest BCUT2D eigenvalue weighted by Gasteiger charge is -2.28. The molecule has 1 unspecified atom stereocenters. The van der Waals surface area contributed by atoms with Crippen molar-refractivity contribution in [3.05, 3.63) is 76.2 Å². The van der Waals surface area contributed by atoms with Crippen LogP contribution < -0.4 is 10.1 Å². The topological polar surface area (TPSA) is 82.2 Å². The lowest BCUT2D eigenvalue weighted by atomic mass is 10.2. The van der Waals surface area contributed by atoms with Crippen molar-refractivity contribution in [1.82, 2.24) is 20.0 Å². The molecule has 0 fully saturated rings. The average molecular weight is 525 g/mol. The third-order valence-corrected chi connectivity index (χ3v) is 5.54. The number of amides is 2. The van der Waals surface area contributed by atoms with Crippen LogP contribution in [0.25, 0.3) is 0 Å². The predicted octanol–water partition coefficient (Wildman–Crippen LogP) is 4.07. The number of urea groups is 1. The number of hydrogen-bond acceptors (Lipinski definition) is 6. The van der Waals surface area contributed by atoms with Gasteiger partial charge in [0, 0.05) is 25.7 Å². The molecule has 3 rings (SSSR count). The smallest absolute Gasteiger partial charge is 0.416 e. The minimum atomic E-state index is -4.57. The van der Waals surface area contributed by atoms with Crippen LogP contribution in [0.2, 0.25) is 5.02 Å². The van der Waals surface area contributed by atoms with Crippen molar-refractivity contribution in [2.75, 3.05) is 20.6 Å². The van der Waals surface area contributed by atoms with Gasteiger partial charge in [-0.1, -0.05) is 29.8 Å². The fourth-order valence-corrected chi connectivity index (χ4v) is 3.72. The summed E-state index contributed by atoms with van der Waals surface area (Å²) < 4.78 is 45.4. The van der Waals surface area contributed by atoms with Crippen LogP contribution >= 0.6 is 11.6 Å². The van der Waals surface area contributed by atoms with E-state index in [1.807, 2.05) is 0 Å². The van der Waals surface area contributed by atoms with Crippen molar-refractivity contribution in [3.8, 4) is 5.75 Å². The summed E-state index contributed by atoms with van der Waals surface area (Å²) >= 11 is 5.96. The Morgan fingerprint density at radius 2 is 1.83 bits per heavy atom. The first kappa shape index (κ1) is 26.9. The van der Waals surface area contributed by atoms with Gasteiger partial charge in [0.15, 0.2) is 6.29 Å². The summed E-state index contributed by atoms with van der Waals surface area (Å²) in [4.78, 5) is 40.2. The number of allylic oxidation sites excluding steroid dienone is 1. The summed E-state index contributed by atoms with van der Waals surface area (Å²) in [5, 5.41) is 3.41. The van der Waals surface area contributed by atoms with Gasteiger partial charge in [0.05, 0.1) is 12.1 Å². The van der Waals surface area contributed by atoms with Gasteiger partial charge < -0.3 is 19.9 Å². The van der Waals surface area contributed by atoms with E-state index in [9.17, 15) is 27.6 Å². The number of halogens is 4. The number of Topliss-reactive ketones (excluding diaryl/α,β-unsaturated/α-hetero) is 1. The van der Waals surface area contributed by atoms with E-state index in [0.717, 1.165) is 22.6 Å². The molecule has 1 heterocycles. The lowest BCUT2D eigenvalue weighted by Crippen LogP contribution is -2.46. The number of carbonyl (C=O) groups is 3. The molecule has 0 aliphatic carbocycles. The first-order valence-electron chi connectivity index (χ1n) is 10.7. The van der Waals surface area contributed by atoms with Crippen molar-refractivity contribution in [1.29, 1.82) is 0 Å². The van der Waals surface area contributed by atoms with E-state index in [-0.39, 0.29) is 36.1 Å². The minimum absolute atomic E-state index is 0.0361. The Balaban J connectivity index is 1.95. The van der Waals surface area contributed by atoms with Crippen molar-refractivity contribution in [3.63, 3.8) is 0 Å². The van der Waals surface area contributed by atoms with E-state index in [1.165, 1.54) is 43.0 Å².